The molecule has 0 bridgehead atoms. The van der Waals surface area contributed by atoms with Crippen LogP contribution in [-0.4, -0.2) is 46.2 Å². The molecule has 2 aromatic heterocycles. The Hall–Kier alpha value is -2.44. The van der Waals surface area contributed by atoms with Crippen molar-refractivity contribution in [2.75, 3.05) is 25.1 Å². The fourth-order valence-electron chi connectivity index (χ4n) is 2.46. The zero-order chi connectivity index (χ0) is 15.4. The molecule has 2 aromatic rings. The summed E-state index contributed by atoms with van der Waals surface area (Å²) >= 11 is 0. The van der Waals surface area contributed by atoms with Crippen molar-refractivity contribution in [3.05, 3.63) is 30.4 Å². The Morgan fingerprint density at radius 1 is 1.14 bits per heavy atom. The second kappa shape index (κ2) is 6.55. The third-order valence-corrected chi connectivity index (χ3v) is 3.58. The van der Waals surface area contributed by atoms with Gasteiger partial charge in [0.05, 0.1) is 13.3 Å². The van der Waals surface area contributed by atoms with Gasteiger partial charge in [-0.15, -0.1) is 0 Å². The maximum atomic E-state index is 5.84. The van der Waals surface area contributed by atoms with E-state index in [1.165, 1.54) is 0 Å². The normalized spacial score (nSPS) is 15.6. The Balaban J connectivity index is 1.61. The van der Waals surface area contributed by atoms with Gasteiger partial charge in [-0.3, -0.25) is 4.98 Å². The van der Waals surface area contributed by atoms with E-state index in [9.17, 15) is 0 Å². The van der Waals surface area contributed by atoms with Gasteiger partial charge in [-0.25, -0.2) is 9.97 Å². The molecule has 1 fully saturated rings. The molecule has 0 radical (unpaired) electrons. The largest absolute Gasteiger partial charge is 0.481 e. The molecule has 0 N–H and O–H groups in total. The Bertz CT molecular complexity index is 615. The number of ether oxygens (including phenoxy) is 2. The molecule has 1 aliphatic rings. The van der Waals surface area contributed by atoms with E-state index in [1.807, 2.05) is 13.0 Å². The monoisotopic (exact) mass is 301 g/mol. The van der Waals surface area contributed by atoms with E-state index in [2.05, 4.69) is 24.8 Å². The van der Waals surface area contributed by atoms with E-state index in [4.69, 9.17) is 9.47 Å². The van der Waals surface area contributed by atoms with Gasteiger partial charge < -0.3 is 14.4 Å². The van der Waals surface area contributed by atoms with Gasteiger partial charge in [0.25, 0.3) is 0 Å². The van der Waals surface area contributed by atoms with Crippen molar-refractivity contribution in [2.24, 2.45) is 0 Å². The first-order chi connectivity index (χ1) is 10.7. The van der Waals surface area contributed by atoms with Crippen LogP contribution in [0, 0.1) is 6.92 Å². The number of hydrogen-bond acceptors (Lipinski definition) is 7. The van der Waals surface area contributed by atoms with Gasteiger partial charge in [-0.05, 0) is 6.92 Å². The van der Waals surface area contributed by atoms with Gasteiger partial charge in [-0.2, -0.15) is 4.98 Å². The molecular weight excluding hydrogens is 282 g/mol. The van der Waals surface area contributed by atoms with E-state index in [0.29, 0.717) is 11.8 Å². The number of aryl methyl sites for hydroxylation is 1. The maximum absolute atomic E-state index is 5.84. The summed E-state index contributed by atoms with van der Waals surface area (Å²) in [5.41, 5.74) is 0.903. The molecule has 7 nitrogen and oxygen atoms in total. The van der Waals surface area contributed by atoms with Crippen LogP contribution in [0.4, 0.5) is 5.95 Å². The van der Waals surface area contributed by atoms with Crippen LogP contribution in [0.15, 0.2) is 24.7 Å². The van der Waals surface area contributed by atoms with Crippen molar-refractivity contribution < 1.29 is 9.47 Å². The quantitative estimate of drug-likeness (QED) is 0.849. The van der Waals surface area contributed by atoms with Gasteiger partial charge in [0.15, 0.2) is 0 Å². The molecule has 0 aromatic carbocycles. The average Bonchev–Trinajstić information content (AvgIpc) is 2.56. The highest BCUT2D eigenvalue weighted by molar-refractivity contribution is 5.34. The fraction of sp³-hybridized carbons (Fsp3) is 0.467. The van der Waals surface area contributed by atoms with Gasteiger partial charge >= 0.3 is 0 Å². The summed E-state index contributed by atoms with van der Waals surface area (Å²) in [6.07, 6.45) is 6.86. The molecule has 7 heteroatoms. The summed E-state index contributed by atoms with van der Waals surface area (Å²) < 4.78 is 11.1. The predicted molar refractivity (Wildman–Crippen MR) is 81.2 cm³/mol. The molecular formula is C15H19N5O2. The molecule has 1 aliphatic heterocycles. The molecule has 0 amide bonds. The lowest BCUT2D eigenvalue weighted by Crippen LogP contribution is -2.39. The number of piperidine rings is 1. The zero-order valence-electron chi connectivity index (χ0n) is 12.8. The number of rotatable bonds is 4. The minimum Gasteiger partial charge on any atom is -0.481 e. The summed E-state index contributed by atoms with van der Waals surface area (Å²) in [6, 6.07) is 1.83. The summed E-state index contributed by atoms with van der Waals surface area (Å²) in [7, 11) is 1.62. The first-order valence-corrected chi connectivity index (χ1v) is 7.32. The minimum absolute atomic E-state index is 0.152. The second-order valence-electron chi connectivity index (χ2n) is 5.20. The Morgan fingerprint density at radius 2 is 1.95 bits per heavy atom. The van der Waals surface area contributed by atoms with Crippen molar-refractivity contribution in [3.63, 3.8) is 0 Å². The van der Waals surface area contributed by atoms with Crippen molar-refractivity contribution in [2.45, 2.75) is 25.9 Å². The van der Waals surface area contributed by atoms with Gasteiger partial charge in [0, 0.05) is 50.1 Å². The third-order valence-electron chi connectivity index (χ3n) is 3.58. The number of nitrogens with zero attached hydrogens (tertiary/aromatic N) is 5. The Kier molecular flexibility index (Phi) is 4.32. The van der Waals surface area contributed by atoms with E-state index < -0.39 is 0 Å². The molecule has 3 heterocycles. The molecule has 0 atom stereocenters. The molecule has 0 aliphatic carbocycles. The van der Waals surface area contributed by atoms with Gasteiger partial charge in [0.2, 0.25) is 17.7 Å². The number of anilines is 1. The van der Waals surface area contributed by atoms with E-state index in [-0.39, 0.29) is 6.10 Å². The lowest BCUT2D eigenvalue weighted by atomic mass is 10.1. The van der Waals surface area contributed by atoms with Crippen LogP contribution >= 0.6 is 0 Å². The summed E-state index contributed by atoms with van der Waals surface area (Å²) in [5.74, 6) is 1.89. The summed E-state index contributed by atoms with van der Waals surface area (Å²) in [5, 5.41) is 0. The van der Waals surface area contributed by atoms with Crippen LogP contribution in [0.2, 0.25) is 0 Å². The van der Waals surface area contributed by atoms with Crippen molar-refractivity contribution >= 4 is 5.95 Å². The van der Waals surface area contributed by atoms with Crippen LogP contribution in [0.1, 0.15) is 18.5 Å². The molecule has 116 valence electrons. The lowest BCUT2D eigenvalue weighted by molar-refractivity contribution is 0.163. The summed E-state index contributed by atoms with van der Waals surface area (Å²) in [6.45, 7) is 3.63. The minimum atomic E-state index is 0.152. The highest BCUT2D eigenvalue weighted by atomic mass is 16.5. The predicted octanol–water partition coefficient (Wildman–Crippen LogP) is 1.63. The van der Waals surface area contributed by atoms with Crippen molar-refractivity contribution in [3.8, 4) is 11.8 Å². The zero-order valence-corrected chi connectivity index (χ0v) is 12.8. The standard InChI is InChI=1S/C15H19N5O2/c1-11-9-13(21-2)19-15(18-11)20-7-3-12(4-8-20)22-14-10-16-5-6-17-14/h5-6,9-10,12H,3-4,7-8H2,1-2H3. The van der Waals surface area contributed by atoms with Crippen LogP contribution in [0.3, 0.4) is 0 Å². The fourth-order valence-corrected chi connectivity index (χ4v) is 2.46. The number of aromatic nitrogens is 4. The van der Waals surface area contributed by atoms with Gasteiger partial charge in [0.1, 0.15) is 6.10 Å². The maximum Gasteiger partial charge on any atom is 0.232 e. The molecule has 0 unspecified atom stereocenters. The second-order valence-corrected chi connectivity index (χ2v) is 5.20. The summed E-state index contributed by atoms with van der Waals surface area (Å²) in [4.78, 5) is 19.2. The lowest BCUT2D eigenvalue weighted by Gasteiger charge is -2.32. The third kappa shape index (κ3) is 3.41. The first-order valence-electron chi connectivity index (χ1n) is 7.32. The Labute approximate surface area is 129 Å². The first kappa shape index (κ1) is 14.5. The Morgan fingerprint density at radius 3 is 2.64 bits per heavy atom. The molecule has 1 saturated heterocycles. The van der Waals surface area contributed by atoms with Crippen molar-refractivity contribution in [1.29, 1.82) is 0 Å². The number of methoxy groups -OCH3 is 1. The molecule has 0 spiro atoms. The molecule has 22 heavy (non-hydrogen) atoms. The number of hydrogen-bond donors (Lipinski definition) is 0. The van der Waals surface area contributed by atoms with Crippen LogP contribution in [0.5, 0.6) is 11.8 Å². The van der Waals surface area contributed by atoms with E-state index in [1.54, 1.807) is 25.7 Å². The van der Waals surface area contributed by atoms with Crippen LogP contribution in [-0.2, 0) is 0 Å². The van der Waals surface area contributed by atoms with Crippen molar-refractivity contribution in [1.82, 2.24) is 19.9 Å². The SMILES string of the molecule is COc1cc(C)nc(N2CCC(Oc3cnccn3)CC2)n1. The van der Waals surface area contributed by atoms with Gasteiger partial charge in [-0.1, -0.05) is 0 Å². The smallest absolute Gasteiger partial charge is 0.232 e. The highest BCUT2D eigenvalue weighted by Gasteiger charge is 2.23. The van der Waals surface area contributed by atoms with E-state index in [0.717, 1.165) is 37.6 Å². The average molecular weight is 301 g/mol. The molecule has 0 saturated carbocycles. The topological polar surface area (TPSA) is 73.3 Å². The van der Waals surface area contributed by atoms with Crippen LogP contribution in [0.25, 0.3) is 0 Å². The molecule has 3 rings (SSSR count). The highest BCUT2D eigenvalue weighted by Crippen LogP contribution is 2.21. The van der Waals surface area contributed by atoms with E-state index >= 15 is 0 Å². The van der Waals surface area contributed by atoms with Crippen LogP contribution < -0.4 is 14.4 Å².